The fourth-order valence-corrected chi connectivity index (χ4v) is 2.30. The number of carbonyl (C=O) groups is 3. The standard InChI is InChI=1S/C17H14N2O4/c1-11-5-2-3-6-12(11)9-14-15(20)18-17(22)19(16(14)21)10-13-7-4-8-23-13/h2-9H,10H2,1H3,(H,18,20,22)/b14-9+. The van der Waals surface area contributed by atoms with Crippen molar-refractivity contribution in [1.82, 2.24) is 10.2 Å². The number of hydrogen-bond donors (Lipinski definition) is 1. The van der Waals surface area contributed by atoms with Gasteiger partial charge in [0, 0.05) is 0 Å². The van der Waals surface area contributed by atoms with E-state index in [9.17, 15) is 14.4 Å². The summed E-state index contributed by atoms with van der Waals surface area (Å²) in [7, 11) is 0. The Morgan fingerprint density at radius 1 is 1.13 bits per heavy atom. The molecule has 3 rings (SSSR count). The van der Waals surface area contributed by atoms with E-state index in [1.165, 1.54) is 12.3 Å². The van der Waals surface area contributed by atoms with Crippen molar-refractivity contribution in [3.05, 3.63) is 65.1 Å². The number of urea groups is 1. The summed E-state index contributed by atoms with van der Waals surface area (Å²) in [6, 6.07) is 9.93. The molecule has 1 aromatic heterocycles. The lowest BCUT2D eigenvalue weighted by Crippen LogP contribution is -2.53. The van der Waals surface area contributed by atoms with Crippen LogP contribution in [0.15, 0.2) is 52.7 Å². The van der Waals surface area contributed by atoms with Crippen LogP contribution in [0.5, 0.6) is 0 Å². The van der Waals surface area contributed by atoms with Gasteiger partial charge in [0.15, 0.2) is 0 Å². The number of barbiturate groups is 1. The molecule has 1 N–H and O–H groups in total. The van der Waals surface area contributed by atoms with E-state index in [1.54, 1.807) is 18.2 Å². The van der Waals surface area contributed by atoms with Gasteiger partial charge in [-0.15, -0.1) is 0 Å². The van der Waals surface area contributed by atoms with Crippen LogP contribution < -0.4 is 5.32 Å². The minimum Gasteiger partial charge on any atom is -0.467 e. The van der Waals surface area contributed by atoms with Crippen molar-refractivity contribution >= 4 is 23.9 Å². The molecule has 0 atom stereocenters. The minimum atomic E-state index is -0.752. The Kier molecular flexibility index (Phi) is 3.80. The molecule has 1 aromatic carbocycles. The molecule has 0 unspecified atom stereocenters. The third-order valence-electron chi connectivity index (χ3n) is 3.57. The van der Waals surface area contributed by atoms with Crippen LogP contribution in [0.1, 0.15) is 16.9 Å². The van der Waals surface area contributed by atoms with Gasteiger partial charge in [-0.25, -0.2) is 4.79 Å². The average molecular weight is 310 g/mol. The highest BCUT2D eigenvalue weighted by atomic mass is 16.3. The molecule has 0 saturated carbocycles. The molecule has 0 bridgehead atoms. The molecular weight excluding hydrogens is 296 g/mol. The fraction of sp³-hybridized carbons (Fsp3) is 0.118. The van der Waals surface area contributed by atoms with Crippen molar-refractivity contribution in [1.29, 1.82) is 0 Å². The Labute approximate surface area is 132 Å². The number of furan rings is 1. The van der Waals surface area contributed by atoms with E-state index in [-0.39, 0.29) is 12.1 Å². The summed E-state index contributed by atoms with van der Waals surface area (Å²) < 4.78 is 5.15. The van der Waals surface area contributed by atoms with Gasteiger partial charge in [-0.3, -0.25) is 19.8 Å². The zero-order valence-corrected chi connectivity index (χ0v) is 12.4. The number of nitrogens with one attached hydrogen (secondary N) is 1. The van der Waals surface area contributed by atoms with Crippen molar-refractivity contribution in [2.75, 3.05) is 0 Å². The Morgan fingerprint density at radius 3 is 2.61 bits per heavy atom. The van der Waals surface area contributed by atoms with Crippen molar-refractivity contribution in [2.45, 2.75) is 13.5 Å². The summed E-state index contributed by atoms with van der Waals surface area (Å²) in [5.74, 6) is -0.879. The number of rotatable bonds is 3. The lowest BCUT2D eigenvalue weighted by Gasteiger charge is -2.25. The number of carbonyl (C=O) groups excluding carboxylic acids is 3. The highest BCUT2D eigenvalue weighted by Gasteiger charge is 2.36. The predicted octanol–water partition coefficient (Wildman–Crippen LogP) is 2.25. The molecule has 1 aliphatic heterocycles. The van der Waals surface area contributed by atoms with Crippen LogP contribution in [-0.2, 0) is 16.1 Å². The van der Waals surface area contributed by atoms with E-state index in [0.29, 0.717) is 5.76 Å². The van der Waals surface area contributed by atoms with Crippen molar-refractivity contribution in [3.63, 3.8) is 0 Å². The predicted molar refractivity (Wildman–Crippen MR) is 82.0 cm³/mol. The molecule has 1 aliphatic rings. The largest absolute Gasteiger partial charge is 0.467 e. The van der Waals surface area contributed by atoms with E-state index < -0.39 is 17.8 Å². The van der Waals surface area contributed by atoms with Crippen molar-refractivity contribution in [3.8, 4) is 0 Å². The maximum atomic E-state index is 12.5. The normalized spacial score (nSPS) is 16.8. The first-order valence-electron chi connectivity index (χ1n) is 7.03. The van der Waals surface area contributed by atoms with Gasteiger partial charge in [-0.2, -0.15) is 0 Å². The molecule has 23 heavy (non-hydrogen) atoms. The molecule has 6 nitrogen and oxygen atoms in total. The Hall–Kier alpha value is -3.15. The fourth-order valence-electron chi connectivity index (χ4n) is 2.30. The number of benzene rings is 1. The Morgan fingerprint density at radius 2 is 1.91 bits per heavy atom. The highest BCUT2D eigenvalue weighted by molar-refractivity contribution is 6.30. The lowest BCUT2D eigenvalue weighted by molar-refractivity contribution is -0.130. The van der Waals surface area contributed by atoms with Gasteiger partial charge in [-0.1, -0.05) is 24.3 Å². The van der Waals surface area contributed by atoms with Gasteiger partial charge in [0.25, 0.3) is 11.8 Å². The summed E-state index contributed by atoms with van der Waals surface area (Å²) in [6.07, 6.45) is 2.95. The number of aryl methyl sites for hydroxylation is 1. The quantitative estimate of drug-likeness (QED) is 0.696. The smallest absolute Gasteiger partial charge is 0.331 e. The first-order chi connectivity index (χ1) is 11.1. The van der Waals surface area contributed by atoms with Crippen LogP contribution in [0.3, 0.4) is 0 Å². The zero-order valence-electron chi connectivity index (χ0n) is 12.4. The number of amides is 4. The van der Waals surface area contributed by atoms with Crippen LogP contribution >= 0.6 is 0 Å². The Balaban J connectivity index is 1.94. The maximum Gasteiger partial charge on any atom is 0.331 e. The average Bonchev–Trinajstić information content (AvgIpc) is 3.03. The number of nitrogens with zero attached hydrogens (tertiary/aromatic N) is 1. The number of hydrogen-bond acceptors (Lipinski definition) is 4. The monoisotopic (exact) mass is 310 g/mol. The third kappa shape index (κ3) is 2.91. The molecule has 2 heterocycles. The van der Waals surface area contributed by atoms with Crippen molar-refractivity contribution < 1.29 is 18.8 Å². The van der Waals surface area contributed by atoms with Gasteiger partial charge in [0.05, 0.1) is 12.8 Å². The van der Waals surface area contributed by atoms with E-state index in [4.69, 9.17) is 4.42 Å². The molecule has 4 amide bonds. The molecule has 0 radical (unpaired) electrons. The molecule has 1 saturated heterocycles. The second-order valence-corrected chi connectivity index (χ2v) is 5.14. The highest BCUT2D eigenvalue weighted by Crippen LogP contribution is 2.18. The second kappa shape index (κ2) is 5.92. The molecule has 6 heteroatoms. The summed E-state index contributed by atoms with van der Waals surface area (Å²) in [6.45, 7) is 1.85. The van der Waals surface area contributed by atoms with Gasteiger partial charge in [0.2, 0.25) is 0 Å². The van der Waals surface area contributed by atoms with E-state index >= 15 is 0 Å². The van der Waals surface area contributed by atoms with Gasteiger partial charge in [-0.05, 0) is 36.3 Å². The maximum absolute atomic E-state index is 12.5. The zero-order chi connectivity index (χ0) is 16.4. The van der Waals surface area contributed by atoms with Crippen LogP contribution in [0, 0.1) is 6.92 Å². The lowest BCUT2D eigenvalue weighted by atomic mass is 10.0. The van der Waals surface area contributed by atoms with Crippen LogP contribution in [-0.4, -0.2) is 22.7 Å². The molecule has 2 aromatic rings. The third-order valence-corrected chi connectivity index (χ3v) is 3.57. The van der Waals surface area contributed by atoms with Crippen LogP contribution in [0.25, 0.3) is 6.08 Å². The summed E-state index contributed by atoms with van der Waals surface area (Å²) in [4.78, 5) is 37.4. The topological polar surface area (TPSA) is 79.6 Å². The van der Waals surface area contributed by atoms with E-state index in [0.717, 1.165) is 16.0 Å². The van der Waals surface area contributed by atoms with Crippen molar-refractivity contribution in [2.24, 2.45) is 0 Å². The van der Waals surface area contributed by atoms with Crippen LogP contribution in [0.2, 0.25) is 0 Å². The van der Waals surface area contributed by atoms with E-state index in [1.807, 2.05) is 25.1 Å². The first-order valence-corrected chi connectivity index (χ1v) is 7.03. The summed E-state index contributed by atoms with van der Waals surface area (Å²) >= 11 is 0. The molecule has 1 fully saturated rings. The van der Waals surface area contributed by atoms with Gasteiger partial charge < -0.3 is 4.42 Å². The molecule has 0 spiro atoms. The van der Waals surface area contributed by atoms with Gasteiger partial charge in [0.1, 0.15) is 11.3 Å². The van der Waals surface area contributed by atoms with E-state index in [2.05, 4.69) is 5.32 Å². The summed E-state index contributed by atoms with van der Waals surface area (Å²) in [5, 5.41) is 2.18. The first kappa shape index (κ1) is 14.8. The SMILES string of the molecule is Cc1ccccc1/C=C1\C(=O)NC(=O)N(Cc2ccco2)C1=O. The minimum absolute atomic E-state index is 0.0317. The Bertz CT molecular complexity index is 806. The molecular formula is C17H14N2O4. The summed E-state index contributed by atoms with van der Waals surface area (Å²) in [5.41, 5.74) is 1.60. The van der Waals surface area contributed by atoms with Crippen LogP contribution in [0.4, 0.5) is 4.79 Å². The second-order valence-electron chi connectivity index (χ2n) is 5.14. The van der Waals surface area contributed by atoms with Gasteiger partial charge >= 0.3 is 6.03 Å². The number of imide groups is 2. The molecule has 116 valence electrons. The molecule has 0 aliphatic carbocycles.